The zero-order chi connectivity index (χ0) is 44.6. The molecule has 340 valence electrons. The lowest BCUT2D eigenvalue weighted by molar-refractivity contribution is -0.292. The standard InChI is InChI=1S/C52H82N4O5/c1-31(2)34-17-24-52(45(60)56-27-15-16-38(56)42-53-32(3)33(4)55(42)29-28-54(13)14)26-25-48(9)35(41(34)52)18-22-51(12)49(10)21-20-40(47(7,8)39(49)19-23-50(48,51)11)61-44(59)37-30-36(43(57)58)46(37,5)6/h34-41H,1,15-30H2,2-14H3,(H,57,58)/t34-,35+,36-,37+,38-,39-,40-,41+,48+,49-,50-,51+,52-/m0/s1. The van der Waals surface area contributed by atoms with E-state index in [0.29, 0.717) is 36.0 Å². The van der Waals surface area contributed by atoms with Crippen LogP contribution in [0.5, 0.6) is 0 Å². The molecule has 8 rings (SSSR count). The van der Waals surface area contributed by atoms with Crippen molar-refractivity contribution in [1.82, 2.24) is 19.4 Å². The Morgan fingerprint density at radius 1 is 0.836 bits per heavy atom. The second-order valence-corrected chi connectivity index (χ2v) is 24.4. The molecule has 1 N–H and O–H groups in total. The minimum atomic E-state index is -0.816. The summed E-state index contributed by atoms with van der Waals surface area (Å²) in [5.41, 5.74) is 2.68. The fourth-order valence-corrected chi connectivity index (χ4v) is 17.2. The zero-order valence-corrected chi connectivity index (χ0v) is 40.5. The number of rotatable bonds is 9. The number of carboxylic acids is 1. The van der Waals surface area contributed by atoms with Crippen LogP contribution in [0.25, 0.3) is 0 Å². The summed E-state index contributed by atoms with van der Waals surface area (Å²) in [6, 6.07) is 0.0243. The van der Waals surface area contributed by atoms with Crippen LogP contribution in [0.1, 0.15) is 169 Å². The van der Waals surface area contributed by atoms with Crippen molar-refractivity contribution in [1.29, 1.82) is 0 Å². The van der Waals surface area contributed by atoms with Gasteiger partial charge in [-0.2, -0.15) is 0 Å². The topological polar surface area (TPSA) is 105 Å². The molecule has 7 fully saturated rings. The Morgan fingerprint density at radius 3 is 2.15 bits per heavy atom. The summed E-state index contributed by atoms with van der Waals surface area (Å²) in [6.45, 7) is 33.0. The number of carboxylic acid groups (broad SMARTS) is 1. The van der Waals surface area contributed by atoms with Crippen molar-refractivity contribution in [3.63, 3.8) is 0 Å². The Morgan fingerprint density at radius 2 is 1.51 bits per heavy atom. The molecule has 0 radical (unpaired) electrons. The first-order valence-corrected chi connectivity index (χ1v) is 24.4. The quantitative estimate of drug-likeness (QED) is 0.195. The highest BCUT2D eigenvalue weighted by Gasteiger charge is 2.76. The maximum Gasteiger partial charge on any atom is 0.309 e. The van der Waals surface area contributed by atoms with Gasteiger partial charge >= 0.3 is 11.9 Å². The van der Waals surface area contributed by atoms with Crippen molar-refractivity contribution in [3.8, 4) is 0 Å². The Kier molecular flexibility index (Phi) is 10.8. The van der Waals surface area contributed by atoms with Crippen LogP contribution in [0.4, 0.5) is 0 Å². The highest BCUT2D eigenvalue weighted by molar-refractivity contribution is 5.85. The fourth-order valence-electron chi connectivity index (χ4n) is 17.2. The number of amides is 1. The Labute approximate surface area is 368 Å². The van der Waals surface area contributed by atoms with Crippen LogP contribution in [-0.4, -0.2) is 75.6 Å². The largest absolute Gasteiger partial charge is 0.481 e. The lowest BCUT2D eigenvalue weighted by Gasteiger charge is -2.77. The van der Waals surface area contributed by atoms with Gasteiger partial charge in [-0.25, -0.2) is 4.98 Å². The summed E-state index contributed by atoms with van der Waals surface area (Å²) in [4.78, 5) is 51.2. The molecule has 0 aromatic carbocycles. The average molecular weight is 843 g/mol. The van der Waals surface area contributed by atoms with Gasteiger partial charge in [-0.15, -0.1) is 0 Å². The van der Waals surface area contributed by atoms with E-state index in [1.54, 1.807) is 0 Å². The highest BCUT2D eigenvalue weighted by Crippen LogP contribution is 2.82. The number of likely N-dealkylation sites (N-methyl/N-ethyl adjacent to an activating group) is 1. The van der Waals surface area contributed by atoms with Gasteiger partial charge in [0.2, 0.25) is 5.91 Å². The SMILES string of the molecule is C=C(C)[C@@H]1CC[C@]2(C(=O)N3CCC[C@H]3c3nc(C)c(C)n3CCN(C)C)CC[C@]3(C)[C@H](CC[C@@]4(C)[C@@]3(C)CC[C@H]3C(C)(C)[C@@H](OC(=O)[C@H]5C[C@@H](C(=O)O)C5(C)C)CC[C@@]34C)[C@@H]12. The van der Waals surface area contributed by atoms with Crippen molar-refractivity contribution in [2.24, 2.45) is 73.4 Å². The van der Waals surface area contributed by atoms with Crippen LogP contribution in [0, 0.1) is 87.3 Å². The van der Waals surface area contributed by atoms with E-state index < -0.39 is 17.3 Å². The average Bonchev–Trinajstić information content (AvgIpc) is 3.89. The number of likely N-dealkylation sites (tertiary alicyclic amines) is 1. The number of carbonyl (C=O) groups excluding carboxylic acids is 2. The molecular formula is C52H82N4O5. The van der Waals surface area contributed by atoms with Gasteiger partial charge in [0, 0.05) is 30.7 Å². The van der Waals surface area contributed by atoms with E-state index in [-0.39, 0.29) is 56.5 Å². The molecule has 0 unspecified atom stereocenters. The van der Waals surface area contributed by atoms with Crippen LogP contribution in [-0.2, 0) is 25.7 Å². The molecule has 0 spiro atoms. The minimum Gasteiger partial charge on any atom is -0.481 e. The smallest absolute Gasteiger partial charge is 0.309 e. The van der Waals surface area contributed by atoms with Crippen LogP contribution >= 0.6 is 0 Å². The third-order valence-electron chi connectivity index (χ3n) is 21.6. The van der Waals surface area contributed by atoms with Gasteiger partial charge in [0.05, 0.1) is 29.0 Å². The van der Waals surface area contributed by atoms with Crippen LogP contribution in [0.3, 0.4) is 0 Å². The van der Waals surface area contributed by atoms with E-state index in [2.05, 4.69) is 97.4 Å². The van der Waals surface area contributed by atoms with Crippen molar-refractivity contribution in [2.45, 2.75) is 178 Å². The van der Waals surface area contributed by atoms with E-state index in [1.165, 1.54) is 11.3 Å². The Balaban J connectivity index is 1.08. The Bertz CT molecular complexity index is 1970. The number of hydrogen-bond donors (Lipinski definition) is 1. The molecule has 9 nitrogen and oxygen atoms in total. The number of fused-ring (bicyclic) bond motifs is 7. The number of ether oxygens (including phenoxy) is 1. The molecule has 6 aliphatic carbocycles. The van der Waals surface area contributed by atoms with Crippen LogP contribution in [0.2, 0.25) is 0 Å². The second-order valence-electron chi connectivity index (χ2n) is 24.4. The maximum absolute atomic E-state index is 15.8. The number of aromatic nitrogens is 2. The van der Waals surface area contributed by atoms with E-state index in [0.717, 1.165) is 108 Å². The van der Waals surface area contributed by atoms with E-state index in [1.807, 2.05) is 13.8 Å². The predicted octanol–water partition coefficient (Wildman–Crippen LogP) is 10.4. The van der Waals surface area contributed by atoms with Crippen LogP contribution in [0.15, 0.2) is 12.2 Å². The zero-order valence-electron chi connectivity index (χ0n) is 40.5. The number of hydrogen-bond acceptors (Lipinski definition) is 6. The number of imidazole rings is 1. The van der Waals surface area contributed by atoms with Crippen molar-refractivity contribution in [2.75, 3.05) is 27.2 Å². The summed E-state index contributed by atoms with van der Waals surface area (Å²) in [7, 11) is 4.25. The third kappa shape index (κ3) is 6.05. The number of aryl methyl sites for hydroxylation is 1. The van der Waals surface area contributed by atoms with Gasteiger partial charge in [0.15, 0.2) is 0 Å². The summed E-state index contributed by atoms with van der Waals surface area (Å²) >= 11 is 0. The van der Waals surface area contributed by atoms with E-state index >= 15 is 4.79 Å². The normalized spacial score (nSPS) is 43.4. The second kappa shape index (κ2) is 14.7. The number of nitrogens with zero attached hydrogens (tertiary/aromatic N) is 4. The molecule has 13 atom stereocenters. The molecule has 1 aromatic rings. The molecule has 6 saturated carbocycles. The Hall–Kier alpha value is -2.68. The summed E-state index contributed by atoms with van der Waals surface area (Å²) < 4.78 is 8.92. The van der Waals surface area contributed by atoms with Gasteiger partial charge in [0.25, 0.3) is 0 Å². The number of allylic oxidation sites excluding steroid dienone is 1. The fraction of sp³-hybridized carbons (Fsp3) is 0.846. The molecule has 1 amide bonds. The first kappa shape index (κ1) is 44.9. The van der Waals surface area contributed by atoms with Gasteiger partial charge in [-0.3, -0.25) is 14.4 Å². The van der Waals surface area contributed by atoms with Gasteiger partial charge in [-0.1, -0.05) is 67.5 Å². The molecule has 1 saturated heterocycles. The van der Waals surface area contributed by atoms with Crippen molar-refractivity contribution in [3.05, 3.63) is 29.4 Å². The van der Waals surface area contributed by atoms with Crippen molar-refractivity contribution < 1.29 is 24.2 Å². The van der Waals surface area contributed by atoms with Gasteiger partial charge in [-0.05, 0) is 169 Å². The lowest BCUT2D eigenvalue weighted by atomic mass is 9.27. The minimum absolute atomic E-state index is 0.0243. The first-order valence-electron chi connectivity index (χ1n) is 24.4. The molecule has 61 heavy (non-hydrogen) atoms. The third-order valence-corrected chi connectivity index (χ3v) is 21.6. The van der Waals surface area contributed by atoms with Gasteiger partial charge < -0.3 is 24.2 Å². The van der Waals surface area contributed by atoms with Crippen molar-refractivity contribution >= 4 is 17.8 Å². The number of aliphatic carboxylic acids is 1. The summed E-state index contributed by atoms with van der Waals surface area (Å²) in [6.07, 6.45) is 12.7. The molecule has 7 aliphatic rings. The molecule has 1 aliphatic heterocycles. The molecular weight excluding hydrogens is 761 g/mol. The predicted molar refractivity (Wildman–Crippen MR) is 240 cm³/mol. The number of carbonyl (C=O) groups is 3. The lowest BCUT2D eigenvalue weighted by Crippen LogP contribution is -2.71. The van der Waals surface area contributed by atoms with Crippen LogP contribution < -0.4 is 0 Å². The molecule has 0 bridgehead atoms. The monoisotopic (exact) mass is 843 g/mol. The number of esters is 1. The van der Waals surface area contributed by atoms with E-state index in [9.17, 15) is 14.7 Å². The summed E-state index contributed by atoms with van der Waals surface area (Å²) in [5.74, 6) is 1.11. The first-order chi connectivity index (χ1) is 28.3. The summed E-state index contributed by atoms with van der Waals surface area (Å²) in [5, 5.41) is 9.74. The van der Waals surface area contributed by atoms with E-state index in [4.69, 9.17) is 9.72 Å². The molecule has 1 aromatic heterocycles. The van der Waals surface area contributed by atoms with Gasteiger partial charge in [0.1, 0.15) is 11.9 Å². The maximum atomic E-state index is 15.8. The highest BCUT2D eigenvalue weighted by atomic mass is 16.5. The molecule has 2 heterocycles. The molecule has 9 heteroatoms.